The Balaban J connectivity index is 1.90. The Labute approximate surface area is 130 Å². The van der Waals surface area contributed by atoms with Crippen LogP contribution in [-0.2, 0) is 0 Å². The largest absolute Gasteiger partial charge is 0.388 e. The molecule has 0 saturated carbocycles. The molecule has 0 heterocycles. The number of aliphatic hydroxyl groups excluding tert-OH is 1. The molecule has 0 radical (unpaired) electrons. The van der Waals surface area contributed by atoms with Crippen LogP contribution in [0, 0.1) is 0 Å². The molecule has 4 rings (SSSR count). The first-order valence-corrected chi connectivity index (χ1v) is 7.73. The lowest BCUT2D eigenvalue weighted by molar-refractivity contribution is 0.153. The SMILES string of the molecule is O[C@@H]1c2ccccc2[C@@H](c2ccccc2)[C@H]1c1ccccc1. The summed E-state index contributed by atoms with van der Waals surface area (Å²) in [6.07, 6.45) is -0.455. The maximum Gasteiger partial charge on any atom is 0.0870 e. The number of hydrogen-bond donors (Lipinski definition) is 1. The highest BCUT2D eigenvalue weighted by molar-refractivity contribution is 5.49. The van der Waals surface area contributed by atoms with E-state index in [0.29, 0.717) is 0 Å². The third-order valence-corrected chi connectivity index (χ3v) is 4.69. The van der Waals surface area contributed by atoms with E-state index in [0.717, 1.165) is 5.56 Å². The fourth-order valence-corrected chi connectivity index (χ4v) is 3.73. The summed E-state index contributed by atoms with van der Waals surface area (Å²) in [6.45, 7) is 0. The summed E-state index contributed by atoms with van der Waals surface area (Å²) < 4.78 is 0. The van der Waals surface area contributed by atoms with Crippen molar-refractivity contribution in [2.24, 2.45) is 0 Å². The molecule has 1 aliphatic carbocycles. The molecular weight excluding hydrogens is 268 g/mol. The zero-order valence-electron chi connectivity index (χ0n) is 12.3. The molecule has 0 unspecified atom stereocenters. The first-order valence-electron chi connectivity index (χ1n) is 7.73. The zero-order valence-corrected chi connectivity index (χ0v) is 12.3. The van der Waals surface area contributed by atoms with Crippen molar-refractivity contribution in [1.29, 1.82) is 0 Å². The Morgan fingerprint density at radius 3 is 1.68 bits per heavy atom. The molecule has 0 fully saturated rings. The van der Waals surface area contributed by atoms with Crippen LogP contribution in [0.15, 0.2) is 84.9 Å². The molecule has 1 N–H and O–H groups in total. The Bertz CT molecular complexity index is 764. The minimum absolute atomic E-state index is 0.0704. The summed E-state index contributed by atoms with van der Waals surface area (Å²) in [7, 11) is 0. The fraction of sp³-hybridized carbons (Fsp3) is 0.143. The van der Waals surface area contributed by atoms with Gasteiger partial charge < -0.3 is 5.11 Å². The lowest BCUT2D eigenvalue weighted by Gasteiger charge is -2.24. The predicted molar refractivity (Wildman–Crippen MR) is 88.9 cm³/mol. The number of hydrogen-bond acceptors (Lipinski definition) is 1. The quantitative estimate of drug-likeness (QED) is 0.727. The molecule has 1 heteroatoms. The number of aliphatic hydroxyl groups is 1. The Morgan fingerprint density at radius 1 is 0.545 bits per heavy atom. The first kappa shape index (κ1) is 13.3. The van der Waals surface area contributed by atoms with Crippen LogP contribution in [0.3, 0.4) is 0 Å². The highest BCUT2D eigenvalue weighted by atomic mass is 16.3. The van der Waals surface area contributed by atoms with Crippen molar-refractivity contribution >= 4 is 0 Å². The van der Waals surface area contributed by atoms with Gasteiger partial charge in [-0.3, -0.25) is 0 Å². The lowest BCUT2D eigenvalue weighted by Crippen LogP contribution is -2.11. The van der Waals surface area contributed by atoms with E-state index in [1.165, 1.54) is 16.7 Å². The van der Waals surface area contributed by atoms with Crippen LogP contribution in [0.5, 0.6) is 0 Å². The molecular formula is C21H18O. The number of rotatable bonds is 2. The van der Waals surface area contributed by atoms with Gasteiger partial charge in [0, 0.05) is 11.8 Å². The average Bonchev–Trinajstić information content (AvgIpc) is 2.90. The minimum atomic E-state index is -0.455. The molecule has 22 heavy (non-hydrogen) atoms. The smallest absolute Gasteiger partial charge is 0.0870 e. The van der Waals surface area contributed by atoms with E-state index in [1.807, 2.05) is 30.3 Å². The van der Waals surface area contributed by atoms with Crippen LogP contribution >= 0.6 is 0 Å². The molecule has 3 aromatic carbocycles. The standard InChI is InChI=1S/C21H18O/c22-21-18-14-8-7-13-17(18)19(15-9-3-1-4-10-15)20(21)16-11-5-2-6-12-16/h1-14,19-22H/t19-,20-,21-/m1/s1. The van der Waals surface area contributed by atoms with Gasteiger partial charge in [0.2, 0.25) is 0 Å². The summed E-state index contributed by atoms with van der Waals surface area (Å²) >= 11 is 0. The average molecular weight is 286 g/mol. The van der Waals surface area contributed by atoms with Gasteiger partial charge in [-0.2, -0.15) is 0 Å². The fourth-order valence-electron chi connectivity index (χ4n) is 3.73. The summed E-state index contributed by atoms with van der Waals surface area (Å²) in [6, 6.07) is 29.2. The molecule has 0 saturated heterocycles. The summed E-state index contributed by atoms with van der Waals surface area (Å²) in [4.78, 5) is 0. The minimum Gasteiger partial charge on any atom is -0.388 e. The van der Waals surface area contributed by atoms with E-state index in [2.05, 4.69) is 54.6 Å². The Hall–Kier alpha value is -2.38. The molecule has 0 bridgehead atoms. The normalized spacial score (nSPS) is 23.2. The molecule has 0 amide bonds. The molecule has 108 valence electrons. The van der Waals surface area contributed by atoms with Gasteiger partial charge in [0.1, 0.15) is 0 Å². The van der Waals surface area contributed by atoms with Crippen molar-refractivity contribution in [3.05, 3.63) is 107 Å². The van der Waals surface area contributed by atoms with Crippen LogP contribution in [-0.4, -0.2) is 5.11 Å². The molecule has 0 aromatic heterocycles. The highest BCUT2D eigenvalue weighted by Crippen LogP contribution is 2.53. The van der Waals surface area contributed by atoms with Crippen LogP contribution in [0.2, 0.25) is 0 Å². The van der Waals surface area contributed by atoms with E-state index in [9.17, 15) is 5.11 Å². The van der Waals surface area contributed by atoms with Crippen LogP contribution in [0.1, 0.15) is 40.2 Å². The molecule has 1 nitrogen and oxygen atoms in total. The van der Waals surface area contributed by atoms with Crippen molar-refractivity contribution in [1.82, 2.24) is 0 Å². The summed E-state index contributed by atoms with van der Waals surface area (Å²) in [5.41, 5.74) is 4.76. The second-order valence-corrected chi connectivity index (χ2v) is 5.90. The summed E-state index contributed by atoms with van der Waals surface area (Å²) in [5.74, 6) is 0.274. The van der Waals surface area contributed by atoms with Crippen molar-refractivity contribution in [3.63, 3.8) is 0 Å². The maximum atomic E-state index is 10.9. The van der Waals surface area contributed by atoms with E-state index >= 15 is 0 Å². The van der Waals surface area contributed by atoms with Gasteiger partial charge in [0.05, 0.1) is 6.10 Å². The molecule has 1 aliphatic rings. The predicted octanol–water partition coefficient (Wildman–Crippen LogP) is 4.65. The van der Waals surface area contributed by atoms with E-state index in [1.54, 1.807) is 0 Å². The van der Waals surface area contributed by atoms with Crippen molar-refractivity contribution in [3.8, 4) is 0 Å². The monoisotopic (exact) mass is 286 g/mol. The van der Waals surface area contributed by atoms with Gasteiger partial charge in [-0.15, -0.1) is 0 Å². The zero-order chi connectivity index (χ0) is 14.9. The molecule has 3 atom stereocenters. The van der Waals surface area contributed by atoms with Crippen LogP contribution < -0.4 is 0 Å². The number of fused-ring (bicyclic) bond motifs is 1. The second kappa shape index (κ2) is 5.43. The van der Waals surface area contributed by atoms with E-state index in [4.69, 9.17) is 0 Å². The highest BCUT2D eigenvalue weighted by Gasteiger charge is 2.41. The van der Waals surface area contributed by atoms with Crippen molar-refractivity contribution in [2.45, 2.75) is 17.9 Å². The maximum absolute atomic E-state index is 10.9. The Morgan fingerprint density at radius 2 is 1.05 bits per heavy atom. The van der Waals surface area contributed by atoms with Crippen LogP contribution in [0.4, 0.5) is 0 Å². The van der Waals surface area contributed by atoms with Gasteiger partial charge >= 0.3 is 0 Å². The van der Waals surface area contributed by atoms with Crippen molar-refractivity contribution in [2.75, 3.05) is 0 Å². The van der Waals surface area contributed by atoms with Gasteiger partial charge in [0.25, 0.3) is 0 Å². The first-order chi connectivity index (χ1) is 10.9. The molecule has 0 aliphatic heterocycles. The Kier molecular flexibility index (Phi) is 3.28. The van der Waals surface area contributed by atoms with Gasteiger partial charge in [0.15, 0.2) is 0 Å². The molecule has 3 aromatic rings. The molecule has 0 spiro atoms. The topological polar surface area (TPSA) is 20.2 Å². The third-order valence-electron chi connectivity index (χ3n) is 4.69. The van der Waals surface area contributed by atoms with Crippen LogP contribution in [0.25, 0.3) is 0 Å². The third kappa shape index (κ3) is 2.06. The van der Waals surface area contributed by atoms with Gasteiger partial charge in [-0.25, -0.2) is 0 Å². The van der Waals surface area contributed by atoms with Gasteiger partial charge in [-0.1, -0.05) is 84.9 Å². The second-order valence-electron chi connectivity index (χ2n) is 5.90. The lowest BCUT2D eigenvalue weighted by atomic mass is 9.81. The summed E-state index contributed by atoms with van der Waals surface area (Å²) in [5, 5.41) is 10.9. The van der Waals surface area contributed by atoms with Crippen molar-refractivity contribution < 1.29 is 5.11 Å². The van der Waals surface area contributed by atoms with E-state index in [-0.39, 0.29) is 11.8 Å². The number of benzene rings is 3. The van der Waals surface area contributed by atoms with E-state index < -0.39 is 6.10 Å². The van der Waals surface area contributed by atoms with Gasteiger partial charge in [-0.05, 0) is 22.3 Å².